The maximum atomic E-state index is 12.2. The number of likely N-dealkylation sites (tertiary alicyclic amines) is 1. The fraction of sp³-hybridized carbons (Fsp3) is 0.312. The number of anilines is 2. The third-order valence-electron chi connectivity index (χ3n) is 3.75. The fourth-order valence-electron chi connectivity index (χ4n) is 2.43. The molecule has 3 N–H and O–H groups in total. The van der Waals surface area contributed by atoms with E-state index in [1.165, 1.54) is 11.8 Å². The summed E-state index contributed by atoms with van der Waals surface area (Å²) in [5.41, 5.74) is 8.30. The van der Waals surface area contributed by atoms with Crippen molar-refractivity contribution in [1.29, 1.82) is 0 Å². The van der Waals surface area contributed by atoms with Gasteiger partial charge in [0.25, 0.3) is 0 Å². The van der Waals surface area contributed by atoms with Crippen molar-refractivity contribution in [2.75, 3.05) is 24.1 Å². The summed E-state index contributed by atoms with van der Waals surface area (Å²) < 4.78 is 0. The number of aromatic nitrogens is 2. The van der Waals surface area contributed by atoms with Crippen LogP contribution in [0.1, 0.15) is 18.4 Å². The molecule has 0 radical (unpaired) electrons. The van der Waals surface area contributed by atoms with E-state index in [4.69, 9.17) is 5.73 Å². The zero-order chi connectivity index (χ0) is 15.5. The number of rotatable bonds is 2. The summed E-state index contributed by atoms with van der Waals surface area (Å²) in [4.78, 5) is 22.6. The Bertz CT molecular complexity index is 677. The van der Waals surface area contributed by atoms with E-state index >= 15 is 0 Å². The van der Waals surface area contributed by atoms with Crippen molar-refractivity contribution in [2.45, 2.75) is 19.8 Å². The predicted molar refractivity (Wildman–Crippen MR) is 86.4 cm³/mol. The van der Waals surface area contributed by atoms with E-state index in [2.05, 4.69) is 15.3 Å². The molecule has 1 fully saturated rings. The third kappa shape index (κ3) is 3.00. The van der Waals surface area contributed by atoms with Gasteiger partial charge in [0.2, 0.25) is 0 Å². The smallest absolute Gasteiger partial charge is 0.323 e. The normalized spacial score (nSPS) is 14.1. The number of nitrogens with two attached hydrogens (primary N) is 1. The number of nitrogens with zero attached hydrogens (tertiary/aromatic N) is 3. The lowest BCUT2D eigenvalue weighted by atomic mass is 10.1. The molecular weight excluding hydrogens is 278 g/mol. The highest BCUT2D eigenvalue weighted by atomic mass is 16.2. The highest BCUT2D eigenvalue weighted by Gasteiger charge is 2.19. The van der Waals surface area contributed by atoms with Gasteiger partial charge < -0.3 is 10.6 Å². The van der Waals surface area contributed by atoms with Gasteiger partial charge in [0, 0.05) is 18.7 Å². The Balaban J connectivity index is 1.83. The molecular formula is C16H19N5O. The minimum atomic E-state index is -0.155. The van der Waals surface area contributed by atoms with Crippen LogP contribution in [0.5, 0.6) is 0 Å². The quantitative estimate of drug-likeness (QED) is 0.892. The SMILES string of the molecule is Cc1ccc(-c2ncc(N)c(NC(=O)N3CCCC3)n2)cc1. The Morgan fingerprint density at radius 3 is 2.59 bits per heavy atom. The number of aryl methyl sites for hydroxylation is 1. The molecule has 114 valence electrons. The van der Waals surface area contributed by atoms with E-state index < -0.39 is 0 Å². The first-order valence-electron chi connectivity index (χ1n) is 7.39. The average Bonchev–Trinajstić information content (AvgIpc) is 3.05. The molecule has 1 aliphatic rings. The first-order chi connectivity index (χ1) is 10.6. The fourth-order valence-corrected chi connectivity index (χ4v) is 2.43. The van der Waals surface area contributed by atoms with Crippen LogP contribution in [0.25, 0.3) is 11.4 Å². The summed E-state index contributed by atoms with van der Waals surface area (Å²) in [5, 5.41) is 2.78. The number of hydrogen-bond acceptors (Lipinski definition) is 4. The number of amides is 2. The van der Waals surface area contributed by atoms with Crippen LogP contribution in [0, 0.1) is 6.92 Å². The van der Waals surface area contributed by atoms with Crippen molar-refractivity contribution >= 4 is 17.5 Å². The van der Waals surface area contributed by atoms with Crippen molar-refractivity contribution in [3.8, 4) is 11.4 Å². The lowest BCUT2D eigenvalue weighted by molar-refractivity contribution is 0.222. The second-order valence-electron chi connectivity index (χ2n) is 5.49. The molecule has 2 amide bonds. The largest absolute Gasteiger partial charge is 0.394 e. The van der Waals surface area contributed by atoms with Crippen LogP contribution in [0.4, 0.5) is 16.3 Å². The number of carbonyl (C=O) groups excluding carboxylic acids is 1. The highest BCUT2D eigenvalue weighted by molar-refractivity contribution is 5.91. The maximum absolute atomic E-state index is 12.2. The summed E-state index contributed by atoms with van der Waals surface area (Å²) in [7, 11) is 0. The zero-order valence-electron chi connectivity index (χ0n) is 12.5. The highest BCUT2D eigenvalue weighted by Crippen LogP contribution is 2.22. The molecule has 0 saturated carbocycles. The second kappa shape index (κ2) is 6.01. The summed E-state index contributed by atoms with van der Waals surface area (Å²) in [6.45, 7) is 3.58. The van der Waals surface area contributed by atoms with Crippen LogP contribution in [0.15, 0.2) is 30.5 Å². The van der Waals surface area contributed by atoms with Gasteiger partial charge in [-0.15, -0.1) is 0 Å². The van der Waals surface area contributed by atoms with E-state index in [0.717, 1.165) is 31.5 Å². The van der Waals surface area contributed by atoms with Gasteiger partial charge in [0.1, 0.15) is 0 Å². The number of benzene rings is 1. The first-order valence-corrected chi connectivity index (χ1v) is 7.39. The molecule has 2 heterocycles. The van der Waals surface area contributed by atoms with E-state index in [9.17, 15) is 4.79 Å². The molecule has 0 atom stereocenters. The van der Waals surface area contributed by atoms with E-state index in [1.807, 2.05) is 31.2 Å². The van der Waals surface area contributed by atoms with E-state index in [-0.39, 0.29) is 6.03 Å². The molecule has 6 heteroatoms. The van der Waals surface area contributed by atoms with Crippen LogP contribution in [-0.2, 0) is 0 Å². The van der Waals surface area contributed by atoms with Crippen molar-refractivity contribution in [3.63, 3.8) is 0 Å². The van der Waals surface area contributed by atoms with Gasteiger partial charge in [-0.1, -0.05) is 29.8 Å². The first kappa shape index (κ1) is 14.3. The van der Waals surface area contributed by atoms with Crippen molar-refractivity contribution in [2.24, 2.45) is 0 Å². The molecule has 1 aliphatic heterocycles. The Hall–Kier alpha value is -2.63. The van der Waals surface area contributed by atoms with Crippen molar-refractivity contribution in [3.05, 3.63) is 36.0 Å². The van der Waals surface area contributed by atoms with Crippen molar-refractivity contribution in [1.82, 2.24) is 14.9 Å². The predicted octanol–water partition coefficient (Wildman–Crippen LogP) is 2.66. The minimum absolute atomic E-state index is 0.155. The average molecular weight is 297 g/mol. The van der Waals surface area contributed by atoms with Crippen LogP contribution in [0.2, 0.25) is 0 Å². The van der Waals surface area contributed by atoms with Crippen LogP contribution >= 0.6 is 0 Å². The summed E-state index contributed by atoms with van der Waals surface area (Å²) >= 11 is 0. The maximum Gasteiger partial charge on any atom is 0.323 e. The zero-order valence-corrected chi connectivity index (χ0v) is 12.5. The Labute approximate surface area is 129 Å². The minimum Gasteiger partial charge on any atom is -0.394 e. The molecule has 22 heavy (non-hydrogen) atoms. The van der Waals surface area contributed by atoms with E-state index in [1.54, 1.807) is 4.90 Å². The Morgan fingerprint density at radius 2 is 1.91 bits per heavy atom. The van der Waals surface area contributed by atoms with Gasteiger partial charge in [-0.05, 0) is 19.8 Å². The molecule has 0 aliphatic carbocycles. The number of nitrogens with one attached hydrogen (secondary N) is 1. The Kier molecular flexibility index (Phi) is 3.91. The van der Waals surface area contributed by atoms with Crippen LogP contribution in [-0.4, -0.2) is 34.0 Å². The number of hydrogen-bond donors (Lipinski definition) is 2. The molecule has 0 unspecified atom stereocenters. The van der Waals surface area contributed by atoms with Gasteiger partial charge >= 0.3 is 6.03 Å². The van der Waals surface area contributed by atoms with E-state index in [0.29, 0.717) is 17.3 Å². The molecule has 1 aromatic carbocycles. The molecule has 1 aromatic heterocycles. The van der Waals surface area contributed by atoms with Gasteiger partial charge in [-0.2, -0.15) is 0 Å². The molecule has 1 saturated heterocycles. The number of urea groups is 1. The van der Waals surface area contributed by atoms with Gasteiger partial charge in [0.15, 0.2) is 11.6 Å². The van der Waals surface area contributed by atoms with Gasteiger partial charge in [0.05, 0.1) is 11.9 Å². The summed E-state index contributed by atoms with van der Waals surface area (Å²) in [5.74, 6) is 0.911. The number of nitrogen functional groups attached to an aromatic ring is 1. The lowest BCUT2D eigenvalue weighted by Gasteiger charge is -2.16. The standard InChI is InChI=1S/C16H19N5O/c1-11-4-6-12(7-5-11)14-18-10-13(17)15(19-14)20-16(22)21-8-2-3-9-21/h4-7,10H,2-3,8-9,17H2,1H3,(H,18,19,20,22). The molecule has 0 spiro atoms. The Morgan fingerprint density at radius 1 is 1.23 bits per heavy atom. The van der Waals surface area contributed by atoms with Crippen molar-refractivity contribution < 1.29 is 4.79 Å². The molecule has 0 bridgehead atoms. The lowest BCUT2D eigenvalue weighted by Crippen LogP contribution is -2.32. The van der Waals surface area contributed by atoms with Gasteiger partial charge in [-0.25, -0.2) is 14.8 Å². The van der Waals surface area contributed by atoms with Gasteiger partial charge in [-0.3, -0.25) is 5.32 Å². The van der Waals surface area contributed by atoms with Crippen LogP contribution < -0.4 is 11.1 Å². The third-order valence-corrected chi connectivity index (χ3v) is 3.75. The molecule has 3 rings (SSSR count). The molecule has 6 nitrogen and oxygen atoms in total. The summed E-state index contributed by atoms with van der Waals surface area (Å²) in [6, 6.07) is 7.74. The summed E-state index contributed by atoms with van der Waals surface area (Å²) in [6.07, 6.45) is 3.62. The second-order valence-corrected chi connectivity index (χ2v) is 5.49. The monoisotopic (exact) mass is 297 g/mol. The topological polar surface area (TPSA) is 84.1 Å². The number of carbonyl (C=O) groups is 1. The van der Waals surface area contributed by atoms with Crippen LogP contribution in [0.3, 0.4) is 0 Å². The molecule has 2 aromatic rings.